The highest BCUT2D eigenvalue weighted by atomic mass is 16.3. The Labute approximate surface area is 183 Å². The predicted molar refractivity (Wildman–Crippen MR) is 120 cm³/mol. The molecule has 2 aromatic carbocycles. The molecular formula is C26H28N2O3. The van der Waals surface area contributed by atoms with E-state index in [9.17, 15) is 9.59 Å². The minimum atomic E-state index is -0.245. The molecule has 0 spiro atoms. The van der Waals surface area contributed by atoms with Gasteiger partial charge in [-0.05, 0) is 61.1 Å². The van der Waals surface area contributed by atoms with E-state index in [1.165, 1.54) is 17.4 Å². The minimum Gasteiger partial charge on any atom is -0.459 e. The van der Waals surface area contributed by atoms with E-state index < -0.39 is 0 Å². The lowest BCUT2D eigenvalue weighted by atomic mass is 9.93. The van der Waals surface area contributed by atoms with Crippen LogP contribution in [0.3, 0.4) is 0 Å². The van der Waals surface area contributed by atoms with Gasteiger partial charge in [-0.3, -0.25) is 9.59 Å². The number of furan rings is 1. The van der Waals surface area contributed by atoms with E-state index in [1.807, 2.05) is 30.3 Å². The van der Waals surface area contributed by atoms with E-state index in [-0.39, 0.29) is 23.8 Å². The summed E-state index contributed by atoms with van der Waals surface area (Å²) in [6, 6.07) is 19.5. The zero-order valence-electron chi connectivity index (χ0n) is 18.0. The Morgan fingerprint density at radius 2 is 1.81 bits per heavy atom. The van der Waals surface area contributed by atoms with Gasteiger partial charge in [0.25, 0.3) is 5.91 Å². The third kappa shape index (κ3) is 4.71. The number of hydrogen-bond acceptors (Lipinski definition) is 3. The molecule has 0 radical (unpaired) electrons. The number of benzene rings is 2. The van der Waals surface area contributed by atoms with Gasteiger partial charge in [-0.1, -0.05) is 48.5 Å². The number of hydrogen-bond donors (Lipinski definition) is 1. The Balaban J connectivity index is 1.53. The highest BCUT2D eigenvalue weighted by Gasteiger charge is 2.31. The number of likely N-dealkylation sites (tertiary alicyclic amines) is 1. The van der Waals surface area contributed by atoms with Crippen LogP contribution in [0.5, 0.6) is 0 Å². The first-order valence-corrected chi connectivity index (χ1v) is 10.8. The smallest absolute Gasteiger partial charge is 0.289 e. The summed E-state index contributed by atoms with van der Waals surface area (Å²) in [5, 5.41) is 3.26. The number of carbonyl (C=O) groups is 2. The summed E-state index contributed by atoms with van der Waals surface area (Å²) < 4.78 is 5.25. The lowest BCUT2D eigenvalue weighted by Gasteiger charge is -2.32. The van der Waals surface area contributed by atoms with Crippen LogP contribution in [0.4, 0.5) is 0 Å². The van der Waals surface area contributed by atoms with E-state index in [2.05, 4.69) is 37.4 Å². The van der Waals surface area contributed by atoms with Crippen molar-refractivity contribution in [2.24, 2.45) is 5.92 Å². The van der Waals surface area contributed by atoms with Gasteiger partial charge < -0.3 is 14.6 Å². The van der Waals surface area contributed by atoms with Crippen molar-refractivity contribution in [3.05, 3.63) is 94.9 Å². The maximum Gasteiger partial charge on any atom is 0.289 e. The van der Waals surface area contributed by atoms with E-state index in [1.54, 1.807) is 17.0 Å². The van der Waals surface area contributed by atoms with E-state index in [0.29, 0.717) is 18.8 Å². The Morgan fingerprint density at radius 1 is 1.00 bits per heavy atom. The van der Waals surface area contributed by atoms with Crippen LogP contribution >= 0.6 is 0 Å². The fraction of sp³-hybridized carbons (Fsp3) is 0.308. The Morgan fingerprint density at radius 3 is 2.52 bits per heavy atom. The minimum absolute atomic E-state index is 0.0240. The van der Waals surface area contributed by atoms with Crippen LogP contribution in [0.25, 0.3) is 0 Å². The Bertz CT molecular complexity index is 1040. The monoisotopic (exact) mass is 416 g/mol. The van der Waals surface area contributed by atoms with Gasteiger partial charge in [0.05, 0.1) is 18.2 Å². The summed E-state index contributed by atoms with van der Waals surface area (Å²) in [6.45, 7) is 5.21. The van der Waals surface area contributed by atoms with Crippen LogP contribution in [0.2, 0.25) is 0 Å². The lowest BCUT2D eigenvalue weighted by molar-refractivity contribution is -0.126. The molecule has 1 aliphatic heterocycles. The first-order valence-electron chi connectivity index (χ1n) is 10.8. The first kappa shape index (κ1) is 20.9. The van der Waals surface area contributed by atoms with Crippen molar-refractivity contribution in [1.29, 1.82) is 0 Å². The maximum absolute atomic E-state index is 13.3. The fourth-order valence-electron chi connectivity index (χ4n) is 4.14. The van der Waals surface area contributed by atoms with Crippen molar-refractivity contribution in [3.8, 4) is 0 Å². The molecule has 1 aromatic heterocycles. The van der Waals surface area contributed by atoms with Crippen molar-refractivity contribution < 1.29 is 14.0 Å². The SMILES string of the molecule is Cc1ccc([C@@H](NC(=O)[C@@H]2CCCN(C(=O)c3ccco3)C2)c2ccccc2)cc1C. The number of aryl methyl sites for hydroxylation is 2. The summed E-state index contributed by atoms with van der Waals surface area (Å²) in [5.74, 6) is -0.107. The molecule has 0 unspecified atom stereocenters. The number of rotatable bonds is 5. The largest absolute Gasteiger partial charge is 0.459 e. The number of nitrogens with zero attached hydrogens (tertiary/aromatic N) is 1. The summed E-state index contributed by atoms with van der Waals surface area (Å²) >= 11 is 0. The highest BCUT2D eigenvalue weighted by molar-refractivity contribution is 5.92. The number of nitrogens with one attached hydrogen (secondary N) is 1. The molecule has 1 saturated heterocycles. The average molecular weight is 417 g/mol. The highest BCUT2D eigenvalue weighted by Crippen LogP contribution is 2.26. The van der Waals surface area contributed by atoms with Crippen LogP contribution in [0, 0.1) is 19.8 Å². The van der Waals surface area contributed by atoms with Gasteiger partial charge >= 0.3 is 0 Å². The van der Waals surface area contributed by atoms with Crippen LogP contribution < -0.4 is 5.32 Å². The van der Waals surface area contributed by atoms with Gasteiger partial charge in [0.2, 0.25) is 5.91 Å². The average Bonchev–Trinajstić information content (AvgIpc) is 3.34. The third-order valence-corrected chi connectivity index (χ3v) is 6.10. The molecule has 160 valence electrons. The maximum atomic E-state index is 13.3. The second kappa shape index (κ2) is 9.21. The molecule has 2 heterocycles. The summed E-state index contributed by atoms with van der Waals surface area (Å²) in [4.78, 5) is 27.7. The first-order chi connectivity index (χ1) is 15.0. The number of carbonyl (C=O) groups excluding carboxylic acids is 2. The van der Waals surface area contributed by atoms with Crippen LogP contribution in [-0.4, -0.2) is 29.8 Å². The molecule has 1 N–H and O–H groups in total. The standard InChI is InChI=1S/C26H28N2O3/c1-18-12-13-21(16-19(18)2)24(20-8-4-3-5-9-20)27-25(29)22-10-6-14-28(17-22)26(30)23-11-7-15-31-23/h3-5,7-9,11-13,15-16,22,24H,6,10,14,17H2,1-2H3,(H,27,29)/t22-,24+/m1/s1. The predicted octanol–water partition coefficient (Wildman–Crippen LogP) is 4.65. The molecule has 0 bridgehead atoms. The van der Waals surface area contributed by atoms with Crippen LogP contribution in [0.1, 0.15) is 51.7 Å². The molecule has 2 atom stereocenters. The molecule has 1 aliphatic rings. The molecule has 1 fully saturated rings. The van der Waals surface area contributed by atoms with Gasteiger partial charge in [-0.2, -0.15) is 0 Å². The van der Waals surface area contributed by atoms with Gasteiger partial charge in [-0.15, -0.1) is 0 Å². The molecule has 4 rings (SSSR count). The molecule has 0 aliphatic carbocycles. The van der Waals surface area contributed by atoms with Crippen LogP contribution in [-0.2, 0) is 4.79 Å². The zero-order chi connectivity index (χ0) is 21.8. The van der Waals surface area contributed by atoms with Gasteiger partial charge in [-0.25, -0.2) is 0 Å². The Kier molecular flexibility index (Phi) is 6.21. The van der Waals surface area contributed by atoms with E-state index in [4.69, 9.17) is 4.42 Å². The van der Waals surface area contributed by atoms with Crippen molar-refractivity contribution in [2.45, 2.75) is 32.7 Å². The second-order valence-electron chi connectivity index (χ2n) is 8.26. The summed E-state index contributed by atoms with van der Waals surface area (Å²) in [6.07, 6.45) is 3.06. The van der Waals surface area contributed by atoms with E-state index in [0.717, 1.165) is 24.0 Å². The van der Waals surface area contributed by atoms with Crippen molar-refractivity contribution >= 4 is 11.8 Å². The molecule has 3 aromatic rings. The molecule has 31 heavy (non-hydrogen) atoms. The van der Waals surface area contributed by atoms with Gasteiger partial charge in [0, 0.05) is 13.1 Å². The van der Waals surface area contributed by atoms with Crippen molar-refractivity contribution in [3.63, 3.8) is 0 Å². The van der Waals surface area contributed by atoms with Crippen LogP contribution in [0.15, 0.2) is 71.3 Å². The van der Waals surface area contributed by atoms with E-state index >= 15 is 0 Å². The summed E-state index contributed by atoms with van der Waals surface area (Å²) in [7, 11) is 0. The number of amides is 2. The Hall–Kier alpha value is -3.34. The summed E-state index contributed by atoms with van der Waals surface area (Å²) in [5.41, 5.74) is 4.52. The normalized spacial score (nSPS) is 17.2. The fourth-order valence-corrected chi connectivity index (χ4v) is 4.14. The molecular weight excluding hydrogens is 388 g/mol. The number of piperidine rings is 1. The van der Waals surface area contributed by atoms with Gasteiger partial charge in [0.1, 0.15) is 0 Å². The molecule has 5 heteroatoms. The quantitative estimate of drug-likeness (QED) is 0.658. The zero-order valence-corrected chi connectivity index (χ0v) is 18.0. The van der Waals surface area contributed by atoms with Crippen molar-refractivity contribution in [2.75, 3.05) is 13.1 Å². The molecule has 5 nitrogen and oxygen atoms in total. The molecule has 2 amide bonds. The van der Waals surface area contributed by atoms with Crippen molar-refractivity contribution in [1.82, 2.24) is 10.2 Å². The lowest BCUT2D eigenvalue weighted by Crippen LogP contribution is -2.46. The molecule has 0 saturated carbocycles. The second-order valence-corrected chi connectivity index (χ2v) is 8.26. The van der Waals surface area contributed by atoms with Gasteiger partial charge in [0.15, 0.2) is 5.76 Å². The third-order valence-electron chi connectivity index (χ3n) is 6.10. The topological polar surface area (TPSA) is 62.6 Å².